The van der Waals surface area contributed by atoms with Gasteiger partial charge in [0.25, 0.3) is 5.91 Å². The SMILES string of the molecule is O=C(N/N=C/c1cc2ccccc2nc1Cl)c1sc(=S)n(-c2ccccc2)c1/N=C/c1ccccc1Cl. The number of carbonyl (C=O) groups is 1. The topological polar surface area (TPSA) is 71.6 Å². The van der Waals surface area contributed by atoms with Crippen molar-refractivity contribution in [2.75, 3.05) is 0 Å². The van der Waals surface area contributed by atoms with Crippen molar-refractivity contribution in [3.63, 3.8) is 0 Å². The average Bonchev–Trinajstić information content (AvgIpc) is 3.25. The number of thiazole rings is 1. The summed E-state index contributed by atoms with van der Waals surface area (Å²) in [4.78, 5) is 22.5. The van der Waals surface area contributed by atoms with E-state index in [4.69, 9.17) is 35.4 Å². The lowest BCUT2D eigenvalue weighted by atomic mass is 10.2. The summed E-state index contributed by atoms with van der Waals surface area (Å²) in [7, 11) is 0. The Morgan fingerprint density at radius 1 is 0.946 bits per heavy atom. The van der Waals surface area contributed by atoms with Crippen LogP contribution in [-0.2, 0) is 0 Å². The zero-order valence-electron chi connectivity index (χ0n) is 19.0. The molecule has 0 fully saturated rings. The van der Waals surface area contributed by atoms with Crippen molar-refractivity contribution in [1.29, 1.82) is 0 Å². The van der Waals surface area contributed by atoms with Crippen LogP contribution in [0.1, 0.15) is 20.8 Å². The first-order valence-corrected chi connectivity index (χ1v) is 13.0. The number of nitrogens with zero attached hydrogens (tertiary/aromatic N) is 4. The van der Waals surface area contributed by atoms with Gasteiger partial charge >= 0.3 is 0 Å². The van der Waals surface area contributed by atoms with Gasteiger partial charge in [-0.05, 0) is 42.5 Å². The fourth-order valence-electron chi connectivity index (χ4n) is 3.56. The maximum Gasteiger partial charge on any atom is 0.285 e. The Balaban J connectivity index is 1.48. The number of aromatic nitrogens is 2. The van der Waals surface area contributed by atoms with Crippen molar-refractivity contribution in [2.45, 2.75) is 0 Å². The van der Waals surface area contributed by atoms with Crippen LogP contribution in [0.4, 0.5) is 5.82 Å². The van der Waals surface area contributed by atoms with Crippen molar-refractivity contribution < 1.29 is 4.79 Å². The van der Waals surface area contributed by atoms with Gasteiger partial charge in [-0.3, -0.25) is 9.36 Å². The van der Waals surface area contributed by atoms with E-state index in [9.17, 15) is 4.79 Å². The van der Waals surface area contributed by atoms with Crippen LogP contribution >= 0.6 is 46.8 Å². The van der Waals surface area contributed by atoms with Gasteiger partial charge < -0.3 is 0 Å². The summed E-state index contributed by atoms with van der Waals surface area (Å²) in [6.45, 7) is 0. The Kier molecular flexibility index (Phi) is 7.52. The lowest BCUT2D eigenvalue weighted by molar-refractivity contribution is 0.0959. The molecule has 0 radical (unpaired) electrons. The van der Waals surface area contributed by atoms with Crippen LogP contribution in [0.25, 0.3) is 16.6 Å². The molecule has 0 atom stereocenters. The second-order valence-corrected chi connectivity index (χ2v) is 10.1. The highest BCUT2D eigenvalue weighted by Gasteiger charge is 2.20. The van der Waals surface area contributed by atoms with Crippen LogP contribution in [0.5, 0.6) is 0 Å². The monoisotopic (exact) mass is 561 g/mol. The van der Waals surface area contributed by atoms with Crippen molar-refractivity contribution in [3.05, 3.63) is 115 Å². The molecule has 182 valence electrons. The molecule has 5 aromatic rings. The minimum atomic E-state index is -0.460. The number of rotatable bonds is 6. The molecule has 0 unspecified atom stereocenters. The Bertz CT molecular complexity index is 1730. The van der Waals surface area contributed by atoms with E-state index in [2.05, 4.69) is 20.5 Å². The number of benzene rings is 3. The van der Waals surface area contributed by atoms with Crippen molar-refractivity contribution in [1.82, 2.24) is 15.0 Å². The number of hydrazone groups is 1. The molecule has 0 aliphatic rings. The van der Waals surface area contributed by atoms with Crippen LogP contribution in [0.2, 0.25) is 10.2 Å². The molecule has 5 rings (SSSR count). The third-order valence-electron chi connectivity index (χ3n) is 5.31. The van der Waals surface area contributed by atoms with Gasteiger partial charge in [0.05, 0.1) is 11.7 Å². The summed E-state index contributed by atoms with van der Waals surface area (Å²) in [6, 6.07) is 26.2. The van der Waals surface area contributed by atoms with Crippen molar-refractivity contribution in [2.24, 2.45) is 10.1 Å². The molecule has 1 amide bonds. The van der Waals surface area contributed by atoms with Gasteiger partial charge in [-0.15, -0.1) is 0 Å². The Morgan fingerprint density at radius 3 is 2.49 bits per heavy atom. The Morgan fingerprint density at radius 2 is 1.68 bits per heavy atom. The molecule has 37 heavy (non-hydrogen) atoms. The van der Waals surface area contributed by atoms with Gasteiger partial charge in [0, 0.05) is 33.4 Å². The third kappa shape index (κ3) is 5.52. The number of para-hydroxylation sites is 2. The second kappa shape index (κ2) is 11.1. The van der Waals surface area contributed by atoms with Gasteiger partial charge in [-0.25, -0.2) is 15.4 Å². The van der Waals surface area contributed by atoms with Gasteiger partial charge in [0.15, 0.2) is 9.77 Å². The Hall–Kier alpha value is -3.69. The standard InChI is InChI=1S/C27H17Cl2N5OS2/c28-21-12-6-4-9-18(21)15-30-25-23(37-27(36)34(25)20-10-2-1-3-11-20)26(35)33-31-16-19-14-17-8-5-7-13-22(17)32-24(19)29/h1-16H,(H,33,35)/b30-15+,31-16+. The lowest BCUT2D eigenvalue weighted by Gasteiger charge is -2.07. The zero-order valence-corrected chi connectivity index (χ0v) is 22.2. The number of nitrogens with one attached hydrogen (secondary N) is 1. The summed E-state index contributed by atoms with van der Waals surface area (Å²) in [5.74, 6) is -0.0857. The largest absolute Gasteiger partial charge is 0.285 e. The van der Waals surface area contributed by atoms with Gasteiger partial charge in [-0.1, -0.05) is 89.1 Å². The van der Waals surface area contributed by atoms with E-state index in [1.807, 2.05) is 78.9 Å². The first-order chi connectivity index (χ1) is 18.0. The number of carbonyl (C=O) groups excluding carboxylic acids is 1. The summed E-state index contributed by atoms with van der Waals surface area (Å²) < 4.78 is 2.21. The molecular formula is C27H17Cl2N5OS2. The van der Waals surface area contributed by atoms with Crippen LogP contribution in [0.3, 0.4) is 0 Å². The molecule has 3 aromatic carbocycles. The first kappa shape index (κ1) is 25.0. The Labute approximate surface area is 231 Å². The molecule has 0 spiro atoms. The third-order valence-corrected chi connectivity index (χ3v) is 7.32. The molecule has 0 saturated carbocycles. The molecular weight excluding hydrogens is 545 g/mol. The highest BCUT2D eigenvalue weighted by molar-refractivity contribution is 7.73. The molecule has 0 aliphatic carbocycles. The van der Waals surface area contributed by atoms with Gasteiger partial charge in [0.2, 0.25) is 0 Å². The predicted molar refractivity (Wildman–Crippen MR) is 155 cm³/mol. The van der Waals surface area contributed by atoms with Crippen LogP contribution < -0.4 is 5.43 Å². The number of aliphatic imine (C=N–C) groups is 1. The lowest BCUT2D eigenvalue weighted by Crippen LogP contribution is -2.17. The number of halogens is 2. The van der Waals surface area contributed by atoms with E-state index >= 15 is 0 Å². The minimum Gasteiger partial charge on any atom is -0.276 e. The number of hydrogen-bond acceptors (Lipinski definition) is 6. The normalized spacial score (nSPS) is 11.5. The molecule has 2 heterocycles. The zero-order chi connectivity index (χ0) is 25.8. The fourth-order valence-corrected chi connectivity index (χ4v) is 5.21. The number of amides is 1. The molecule has 1 N–H and O–H groups in total. The van der Waals surface area contributed by atoms with Gasteiger partial charge in [0.1, 0.15) is 10.0 Å². The average molecular weight is 563 g/mol. The smallest absolute Gasteiger partial charge is 0.276 e. The molecule has 0 saturated heterocycles. The van der Waals surface area contributed by atoms with E-state index in [-0.39, 0.29) is 5.15 Å². The van der Waals surface area contributed by atoms with Gasteiger partial charge in [-0.2, -0.15) is 5.10 Å². The quantitative estimate of drug-likeness (QED) is 0.100. The van der Waals surface area contributed by atoms with E-state index in [1.165, 1.54) is 6.21 Å². The molecule has 0 aliphatic heterocycles. The summed E-state index contributed by atoms with van der Waals surface area (Å²) in [5.41, 5.74) is 5.41. The molecule has 0 bridgehead atoms. The number of fused-ring (bicyclic) bond motifs is 1. The highest BCUT2D eigenvalue weighted by atomic mass is 35.5. The highest BCUT2D eigenvalue weighted by Crippen LogP contribution is 2.31. The molecule has 6 nitrogen and oxygen atoms in total. The second-order valence-electron chi connectivity index (χ2n) is 7.73. The fraction of sp³-hybridized carbons (Fsp3) is 0. The van der Waals surface area contributed by atoms with Crippen LogP contribution in [0.15, 0.2) is 95.0 Å². The predicted octanol–water partition coefficient (Wildman–Crippen LogP) is 7.64. The summed E-state index contributed by atoms with van der Waals surface area (Å²) >= 11 is 19.4. The van der Waals surface area contributed by atoms with Crippen LogP contribution in [-0.4, -0.2) is 27.9 Å². The number of hydrogen-bond donors (Lipinski definition) is 1. The summed E-state index contributed by atoms with van der Waals surface area (Å²) in [6.07, 6.45) is 3.07. The maximum absolute atomic E-state index is 13.2. The van der Waals surface area contributed by atoms with Crippen molar-refractivity contribution >= 4 is 81.8 Å². The number of pyridine rings is 1. The van der Waals surface area contributed by atoms with Crippen molar-refractivity contribution in [3.8, 4) is 5.69 Å². The van der Waals surface area contributed by atoms with Crippen LogP contribution in [0, 0.1) is 3.95 Å². The minimum absolute atomic E-state index is 0.285. The van der Waals surface area contributed by atoms with E-state index in [0.717, 1.165) is 27.9 Å². The molecule has 10 heteroatoms. The molecule has 2 aromatic heterocycles. The first-order valence-electron chi connectivity index (χ1n) is 11.0. The summed E-state index contributed by atoms with van der Waals surface area (Å²) in [5, 5.41) is 5.85. The van der Waals surface area contributed by atoms with E-state index in [0.29, 0.717) is 30.8 Å². The van der Waals surface area contributed by atoms with E-state index < -0.39 is 5.91 Å². The van der Waals surface area contributed by atoms with E-state index in [1.54, 1.807) is 16.8 Å². The maximum atomic E-state index is 13.2.